The van der Waals surface area contributed by atoms with E-state index in [9.17, 15) is 9.59 Å². The zero-order valence-corrected chi connectivity index (χ0v) is 21.7. The van der Waals surface area contributed by atoms with Gasteiger partial charge in [0.05, 0.1) is 39.6 Å². The first-order valence-corrected chi connectivity index (χ1v) is 13.8. The van der Waals surface area contributed by atoms with Gasteiger partial charge in [0.1, 0.15) is 0 Å². The highest BCUT2D eigenvalue weighted by molar-refractivity contribution is 7.99. The molecule has 0 saturated heterocycles. The number of thioether (sulfide) groups is 2. The number of carbonyl (C=O) groups is 2. The van der Waals surface area contributed by atoms with E-state index in [4.69, 9.17) is 18.9 Å². The Labute approximate surface area is 198 Å². The van der Waals surface area contributed by atoms with E-state index in [0.29, 0.717) is 57.7 Å². The molecule has 0 aromatic heterocycles. The van der Waals surface area contributed by atoms with Gasteiger partial charge in [0.15, 0.2) is 0 Å². The molecule has 184 valence electrons. The van der Waals surface area contributed by atoms with E-state index in [1.165, 1.54) is 0 Å². The SMILES string of the molecule is CC(C)COC(=O)CCCCSCCOCCOCCSCCCC(=O)OCC(C)C. The molecule has 0 radical (unpaired) electrons. The van der Waals surface area contributed by atoms with Crippen molar-refractivity contribution in [2.24, 2.45) is 11.8 Å². The molecular weight excluding hydrogens is 436 g/mol. The fourth-order valence-corrected chi connectivity index (χ4v) is 3.85. The number of ether oxygens (including phenoxy) is 4. The molecule has 0 saturated carbocycles. The summed E-state index contributed by atoms with van der Waals surface area (Å²) in [6.45, 7) is 11.8. The molecular formula is C23H44O6S2. The van der Waals surface area contributed by atoms with Gasteiger partial charge < -0.3 is 18.9 Å². The molecule has 0 aliphatic carbocycles. The standard InChI is InChI=1S/C23H44O6S2/c1-20(2)18-28-22(24)8-5-6-14-30-16-12-26-10-11-27-13-17-31-15-7-9-23(25)29-19-21(3)4/h20-21H,5-19H2,1-4H3. The van der Waals surface area contributed by atoms with Gasteiger partial charge in [0, 0.05) is 24.3 Å². The van der Waals surface area contributed by atoms with Gasteiger partial charge in [-0.1, -0.05) is 27.7 Å². The van der Waals surface area contributed by atoms with Gasteiger partial charge in [-0.3, -0.25) is 9.59 Å². The highest BCUT2D eigenvalue weighted by Gasteiger charge is 2.05. The number of unbranched alkanes of at least 4 members (excludes halogenated alkanes) is 1. The summed E-state index contributed by atoms with van der Waals surface area (Å²) in [5.41, 5.74) is 0. The van der Waals surface area contributed by atoms with Crippen LogP contribution < -0.4 is 0 Å². The molecule has 31 heavy (non-hydrogen) atoms. The fraction of sp³-hybridized carbons (Fsp3) is 0.913. The summed E-state index contributed by atoms with van der Waals surface area (Å²) in [7, 11) is 0. The van der Waals surface area contributed by atoms with E-state index in [2.05, 4.69) is 0 Å². The number of rotatable bonds is 22. The summed E-state index contributed by atoms with van der Waals surface area (Å²) in [5, 5.41) is 0. The maximum Gasteiger partial charge on any atom is 0.305 e. The van der Waals surface area contributed by atoms with Crippen molar-refractivity contribution in [1.82, 2.24) is 0 Å². The van der Waals surface area contributed by atoms with Gasteiger partial charge in [-0.05, 0) is 42.6 Å². The van der Waals surface area contributed by atoms with E-state index < -0.39 is 0 Å². The van der Waals surface area contributed by atoms with Crippen LogP contribution in [0.15, 0.2) is 0 Å². The van der Waals surface area contributed by atoms with Crippen molar-refractivity contribution in [3.05, 3.63) is 0 Å². The Morgan fingerprint density at radius 2 is 1.06 bits per heavy atom. The van der Waals surface area contributed by atoms with E-state index >= 15 is 0 Å². The van der Waals surface area contributed by atoms with Gasteiger partial charge >= 0.3 is 11.9 Å². The lowest BCUT2D eigenvalue weighted by atomic mass is 10.2. The zero-order valence-electron chi connectivity index (χ0n) is 20.0. The first kappa shape index (κ1) is 30.6. The molecule has 8 heteroatoms. The van der Waals surface area contributed by atoms with Crippen LogP contribution in [0.2, 0.25) is 0 Å². The van der Waals surface area contributed by atoms with Crippen molar-refractivity contribution >= 4 is 35.5 Å². The highest BCUT2D eigenvalue weighted by atomic mass is 32.2. The largest absolute Gasteiger partial charge is 0.465 e. The highest BCUT2D eigenvalue weighted by Crippen LogP contribution is 2.08. The summed E-state index contributed by atoms with van der Waals surface area (Å²) in [5.74, 6) is 4.50. The van der Waals surface area contributed by atoms with Gasteiger partial charge in [0.2, 0.25) is 0 Å². The molecule has 0 unspecified atom stereocenters. The van der Waals surface area contributed by atoms with Crippen LogP contribution in [0.5, 0.6) is 0 Å². The maximum atomic E-state index is 11.5. The van der Waals surface area contributed by atoms with Gasteiger partial charge in [-0.15, -0.1) is 0 Å². The van der Waals surface area contributed by atoms with Crippen molar-refractivity contribution in [2.75, 3.05) is 62.7 Å². The maximum absolute atomic E-state index is 11.5. The molecule has 0 aliphatic heterocycles. The number of hydrogen-bond acceptors (Lipinski definition) is 8. The fourth-order valence-electron chi connectivity index (χ4n) is 2.22. The Kier molecular flexibility index (Phi) is 22.4. The average molecular weight is 481 g/mol. The van der Waals surface area contributed by atoms with Crippen LogP contribution in [0.4, 0.5) is 0 Å². The van der Waals surface area contributed by atoms with Crippen molar-refractivity contribution in [1.29, 1.82) is 0 Å². The third kappa shape index (κ3) is 25.7. The van der Waals surface area contributed by atoms with Gasteiger partial charge in [-0.2, -0.15) is 23.5 Å². The molecule has 0 bridgehead atoms. The Morgan fingerprint density at radius 3 is 1.55 bits per heavy atom. The molecule has 0 aliphatic rings. The van der Waals surface area contributed by atoms with Crippen molar-refractivity contribution < 1.29 is 28.5 Å². The van der Waals surface area contributed by atoms with E-state index in [1.807, 2.05) is 39.5 Å². The lowest BCUT2D eigenvalue weighted by Gasteiger charge is -2.08. The molecule has 0 aromatic rings. The monoisotopic (exact) mass is 480 g/mol. The first-order chi connectivity index (χ1) is 14.9. The molecule has 0 rings (SSSR count). The Hall–Kier alpha value is -0.440. The second-order valence-electron chi connectivity index (χ2n) is 8.16. The van der Waals surface area contributed by atoms with E-state index in [0.717, 1.165) is 48.9 Å². The lowest BCUT2D eigenvalue weighted by Crippen LogP contribution is -2.10. The summed E-state index contributed by atoms with van der Waals surface area (Å²) in [6, 6.07) is 0. The minimum Gasteiger partial charge on any atom is -0.465 e. The predicted octanol–water partition coefficient (Wildman–Crippen LogP) is 4.83. The molecule has 0 fully saturated rings. The molecule has 0 atom stereocenters. The van der Waals surface area contributed by atoms with Crippen LogP contribution in [-0.2, 0) is 28.5 Å². The van der Waals surface area contributed by atoms with Crippen LogP contribution in [0, 0.1) is 11.8 Å². The van der Waals surface area contributed by atoms with Crippen LogP contribution in [0.25, 0.3) is 0 Å². The van der Waals surface area contributed by atoms with E-state index in [-0.39, 0.29) is 11.9 Å². The second-order valence-corrected chi connectivity index (χ2v) is 10.6. The number of hydrogen-bond donors (Lipinski definition) is 0. The van der Waals surface area contributed by atoms with Crippen LogP contribution in [-0.4, -0.2) is 74.6 Å². The van der Waals surface area contributed by atoms with Crippen molar-refractivity contribution in [2.45, 2.75) is 59.8 Å². The molecule has 0 spiro atoms. The summed E-state index contributed by atoms with van der Waals surface area (Å²) < 4.78 is 21.4. The van der Waals surface area contributed by atoms with Crippen molar-refractivity contribution in [3.63, 3.8) is 0 Å². The third-order valence-electron chi connectivity index (χ3n) is 3.86. The Bertz CT molecular complexity index is 394. The minimum atomic E-state index is -0.0948. The van der Waals surface area contributed by atoms with Crippen LogP contribution in [0.1, 0.15) is 59.8 Å². The summed E-state index contributed by atoms with van der Waals surface area (Å²) in [4.78, 5) is 23.0. The average Bonchev–Trinajstić information content (AvgIpc) is 2.72. The lowest BCUT2D eigenvalue weighted by molar-refractivity contribution is -0.145. The topological polar surface area (TPSA) is 71.1 Å². The molecule has 0 aromatic carbocycles. The third-order valence-corrected chi connectivity index (χ3v) is 5.93. The second kappa shape index (κ2) is 22.7. The summed E-state index contributed by atoms with van der Waals surface area (Å²) >= 11 is 3.66. The number of esters is 2. The minimum absolute atomic E-state index is 0.0813. The quantitative estimate of drug-likeness (QED) is 0.161. The van der Waals surface area contributed by atoms with Crippen LogP contribution >= 0.6 is 23.5 Å². The number of carbonyl (C=O) groups excluding carboxylic acids is 2. The van der Waals surface area contributed by atoms with Crippen LogP contribution in [0.3, 0.4) is 0 Å². The summed E-state index contributed by atoms with van der Waals surface area (Å²) in [6.07, 6.45) is 3.78. The Morgan fingerprint density at radius 1 is 0.613 bits per heavy atom. The molecule has 0 N–H and O–H groups in total. The normalized spacial score (nSPS) is 11.3. The van der Waals surface area contributed by atoms with Gasteiger partial charge in [-0.25, -0.2) is 0 Å². The van der Waals surface area contributed by atoms with Gasteiger partial charge in [0.25, 0.3) is 0 Å². The first-order valence-electron chi connectivity index (χ1n) is 11.5. The molecule has 6 nitrogen and oxygen atoms in total. The smallest absolute Gasteiger partial charge is 0.305 e. The molecule has 0 heterocycles. The Balaban J connectivity index is 3.17. The molecule has 0 amide bonds. The van der Waals surface area contributed by atoms with Crippen molar-refractivity contribution in [3.8, 4) is 0 Å². The zero-order chi connectivity index (χ0) is 23.2. The predicted molar refractivity (Wildman–Crippen MR) is 131 cm³/mol. The van der Waals surface area contributed by atoms with E-state index in [1.54, 1.807) is 11.8 Å².